The average molecular weight is 291 g/mol. The van der Waals surface area contributed by atoms with Crippen LogP contribution in [0.4, 0.5) is 0 Å². The number of Topliss-reactive ketones (excluding diaryl/α,β-unsaturated/α-hetero) is 1. The summed E-state index contributed by atoms with van der Waals surface area (Å²) in [7, 11) is 3.94. The van der Waals surface area contributed by atoms with Gasteiger partial charge in [0.1, 0.15) is 0 Å². The lowest BCUT2D eigenvalue weighted by atomic mass is 10.1. The second-order valence-electron chi connectivity index (χ2n) is 5.75. The fourth-order valence-electron chi connectivity index (χ4n) is 2.30. The molecule has 1 heterocycles. The van der Waals surface area contributed by atoms with Crippen LogP contribution in [0.3, 0.4) is 0 Å². The first kappa shape index (κ1) is 15.8. The van der Waals surface area contributed by atoms with E-state index in [4.69, 9.17) is 9.47 Å². The van der Waals surface area contributed by atoms with Crippen molar-refractivity contribution in [3.63, 3.8) is 0 Å². The molecule has 4 heteroatoms. The molecule has 0 saturated carbocycles. The van der Waals surface area contributed by atoms with Gasteiger partial charge in [0.25, 0.3) is 0 Å². The Hall–Kier alpha value is -1.55. The number of hydrogen-bond donors (Lipinski definition) is 0. The molecular formula is C17H25NO3. The van der Waals surface area contributed by atoms with Crippen LogP contribution in [-0.4, -0.2) is 44.5 Å². The van der Waals surface area contributed by atoms with Gasteiger partial charge in [0.05, 0.1) is 13.2 Å². The van der Waals surface area contributed by atoms with Crippen LogP contribution in [0.25, 0.3) is 0 Å². The quantitative estimate of drug-likeness (QED) is 0.799. The van der Waals surface area contributed by atoms with Crippen LogP contribution in [0.5, 0.6) is 11.5 Å². The van der Waals surface area contributed by atoms with Crippen LogP contribution in [0.2, 0.25) is 0 Å². The lowest BCUT2D eigenvalue weighted by Crippen LogP contribution is -2.16. The molecule has 0 saturated heterocycles. The molecule has 0 radical (unpaired) electrons. The number of ketones is 1. The molecule has 1 aliphatic heterocycles. The van der Waals surface area contributed by atoms with E-state index in [1.165, 1.54) is 12.8 Å². The van der Waals surface area contributed by atoms with Crippen molar-refractivity contribution in [3.8, 4) is 11.5 Å². The first-order valence-electron chi connectivity index (χ1n) is 7.74. The molecule has 0 N–H and O–H groups in total. The SMILES string of the molecule is CN(C)CCC(=O)c1ccc2c(c1)OCCCCCCO2. The van der Waals surface area contributed by atoms with Crippen LogP contribution >= 0.6 is 0 Å². The number of fused-ring (bicyclic) bond motifs is 1. The maximum absolute atomic E-state index is 12.2. The van der Waals surface area contributed by atoms with E-state index in [0.717, 1.165) is 25.1 Å². The van der Waals surface area contributed by atoms with E-state index in [1.54, 1.807) is 0 Å². The number of hydrogen-bond acceptors (Lipinski definition) is 4. The molecular weight excluding hydrogens is 266 g/mol. The van der Waals surface area contributed by atoms with Crippen molar-refractivity contribution in [2.24, 2.45) is 0 Å². The smallest absolute Gasteiger partial charge is 0.164 e. The van der Waals surface area contributed by atoms with Gasteiger partial charge in [0.2, 0.25) is 0 Å². The maximum Gasteiger partial charge on any atom is 0.164 e. The van der Waals surface area contributed by atoms with Gasteiger partial charge in [0.15, 0.2) is 17.3 Å². The van der Waals surface area contributed by atoms with Crippen molar-refractivity contribution in [3.05, 3.63) is 23.8 Å². The van der Waals surface area contributed by atoms with Gasteiger partial charge in [-0.05, 0) is 58.0 Å². The minimum absolute atomic E-state index is 0.146. The molecule has 1 aliphatic rings. The van der Waals surface area contributed by atoms with E-state index < -0.39 is 0 Å². The third-order valence-electron chi connectivity index (χ3n) is 3.61. The Morgan fingerprint density at radius 2 is 1.71 bits per heavy atom. The van der Waals surface area contributed by atoms with Crippen LogP contribution in [0.1, 0.15) is 42.5 Å². The first-order chi connectivity index (χ1) is 10.2. The summed E-state index contributed by atoms with van der Waals surface area (Å²) in [5.74, 6) is 1.60. The van der Waals surface area contributed by atoms with Crippen LogP contribution in [0.15, 0.2) is 18.2 Å². The molecule has 0 aromatic heterocycles. The van der Waals surface area contributed by atoms with Gasteiger partial charge < -0.3 is 14.4 Å². The summed E-state index contributed by atoms with van der Waals surface area (Å²) < 4.78 is 11.5. The third kappa shape index (κ3) is 5.05. The van der Waals surface area contributed by atoms with Crippen molar-refractivity contribution in [2.75, 3.05) is 33.9 Å². The lowest BCUT2D eigenvalue weighted by molar-refractivity contribution is 0.0972. The molecule has 1 aromatic rings. The Bertz CT molecular complexity index is 471. The number of carbonyl (C=O) groups is 1. The molecule has 0 amide bonds. The normalized spacial score (nSPS) is 15.8. The molecule has 0 aliphatic carbocycles. The predicted octanol–water partition coefficient (Wildman–Crippen LogP) is 3.15. The fourth-order valence-corrected chi connectivity index (χ4v) is 2.30. The average Bonchev–Trinajstić information content (AvgIpc) is 2.49. The first-order valence-corrected chi connectivity index (χ1v) is 7.74. The van der Waals surface area contributed by atoms with Gasteiger partial charge in [0, 0.05) is 18.5 Å². The molecule has 0 unspecified atom stereocenters. The number of rotatable bonds is 4. The zero-order valence-electron chi connectivity index (χ0n) is 13.1. The predicted molar refractivity (Wildman–Crippen MR) is 83.4 cm³/mol. The summed E-state index contributed by atoms with van der Waals surface area (Å²) in [5.41, 5.74) is 0.705. The highest BCUT2D eigenvalue weighted by atomic mass is 16.5. The molecule has 0 fully saturated rings. The van der Waals surface area contributed by atoms with E-state index in [0.29, 0.717) is 30.9 Å². The van der Waals surface area contributed by atoms with Crippen LogP contribution in [-0.2, 0) is 0 Å². The minimum Gasteiger partial charge on any atom is -0.490 e. The van der Waals surface area contributed by atoms with Crippen molar-refractivity contribution in [1.29, 1.82) is 0 Å². The van der Waals surface area contributed by atoms with E-state index in [1.807, 2.05) is 37.2 Å². The van der Waals surface area contributed by atoms with Crippen molar-refractivity contribution < 1.29 is 14.3 Å². The van der Waals surface area contributed by atoms with Crippen molar-refractivity contribution >= 4 is 5.78 Å². The summed E-state index contributed by atoms with van der Waals surface area (Å²) in [6.45, 7) is 2.16. The summed E-state index contributed by atoms with van der Waals surface area (Å²) in [6, 6.07) is 5.53. The summed E-state index contributed by atoms with van der Waals surface area (Å²) in [5, 5.41) is 0. The fraction of sp³-hybridized carbons (Fsp3) is 0.588. The van der Waals surface area contributed by atoms with Gasteiger partial charge in [-0.2, -0.15) is 0 Å². The Labute approximate surface area is 127 Å². The number of ether oxygens (including phenoxy) is 2. The molecule has 4 nitrogen and oxygen atoms in total. The van der Waals surface area contributed by atoms with Crippen molar-refractivity contribution in [2.45, 2.75) is 32.1 Å². The molecule has 116 valence electrons. The monoisotopic (exact) mass is 291 g/mol. The van der Waals surface area contributed by atoms with E-state index >= 15 is 0 Å². The number of carbonyl (C=O) groups excluding carboxylic acids is 1. The Balaban J connectivity index is 2.09. The Morgan fingerprint density at radius 3 is 2.38 bits per heavy atom. The van der Waals surface area contributed by atoms with Gasteiger partial charge >= 0.3 is 0 Å². The van der Waals surface area contributed by atoms with Gasteiger partial charge in [-0.15, -0.1) is 0 Å². The summed E-state index contributed by atoms with van der Waals surface area (Å²) >= 11 is 0. The summed E-state index contributed by atoms with van der Waals surface area (Å²) in [6.07, 6.45) is 4.99. The molecule has 0 atom stereocenters. The van der Waals surface area contributed by atoms with Crippen molar-refractivity contribution in [1.82, 2.24) is 4.90 Å². The van der Waals surface area contributed by atoms with Gasteiger partial charge in [-0.1, -0.05) is 0 Å². The molecule has 0 bridgehead atoms. The highest BCUT2D eigenvalue weighted by Crippen LogP contribution is 2.30. The highest BCUT2D eigenvalue weighted by molar-refractivity contribution is 5.96. The second kappa shape index (κ2) is 8.03. The number of benzene rings is 1. The van der Waals surface area contributed by atoms with E-state index in [9.17, 15) is 4.79 Å². The van der Waals surface area contributed by atoms with E-state index in [-0.39, 0.29) is 5.78 Å². The molecule has 21 heavy (non-hydrogen) atoms. The highest BCUT2D eigenvalue weighted by Gasteiger charge is 2.13. The lowest BCUT2D eigenvalue weighted by Gasteiger charge is -2.16. The van der Waals surface area contributed by atoms with Crippen LogP contribution in [0, 0.1) is 0 Å². The Kier molecular flexibility index (Phi) is 6.05. The molecule has 1 aromatic carbocycles. The molecule has 0 spiro atoms. The molecule has 2 rings (SSSR count). The second-order valence-corrected chi connectivity index (χ2v) is 5.75. The Morgan fingerprint density at radius 1 is 1.05 bits per heavy atom. The van der Waals surface area contributed by atoms with Gasteiger partial charge in [-0.3, -0.25) is 4.79 Å². The van der Waals surface area contributed by atoms with Gasteiger partial charge in [-0.25, -0.2) is 0 Å². The minimum atomic E-state index is 0.146. The topological polar surface area (TPSA) is 38.8 Å². The third-order valence-corrected chi connectivity index (χ3v) is 3.61. The maximum atomic E-state index is 12.2. The summed E-state index contributed by atoms with van der Waals surface area (Å²) in [4.78, 5) is 14.2. The largest absolute Gasteiger partial charge is 0.490 e. The van der Waals surface area contributed by atoms with Crippen LogP contribution < -0.4 is 9.47 Å². The van der Waals surface area contributed by atoms with E-state index in [2.05, 4.69) is 0 Å². The number of nitrogens with zero attached hydrogens (tertiary/aromatic N) is 1. The zero-order valence-corrected chi connectivity index (χ0v) is 13.1. The zero-order chi connectivity index (χ0) is 15.1. The standard InChI is InChI=1S/C17H25NO3/c1-18(2)10-9-15(19)14-7-8-16-17(13-14)21-12-6-4-3-5-11-20-16/h7-8,13H,3-6,9-12H2,1-2H3.